The minimum Gasteiger partial charge on any atom is -0.103 e. The Hall–Kier alpha value is -0.780. The zero-order valence-corrected chi connectivity index (χ0v) is 18.2. The fourth-order valence-electron chi connectivity index (χ4n) is 3.25. The zero-order chi connectivity index (χ0) is 19.4. The van der Waals surface area contributed by atoms with Crippen LogP contribution in [0.1, 0.15) is 99.8 Å². The van der Waals surface area contributed by atoms with Gasteiger partial charge in [0, 0.05) is 0 Å². The molecule has 1 rings (SSSR count). The van der Waals surface area contributed by atoms with Gasteiger partial charge in [-0.05, 0) is 50.4 Å². The second-order valence-electron chi connectivity index (χ2n) is 6.38. The van der Waals surface area contributed by atoms with Crippen LogP contribution >= 0.6 is 0 Å². The van der Waals surface area contributed by atoms with E-state index in [2.05, 4.69) is 33.6 Å². The van der Waals surface area contributed by atoms with E-state index < -0.39 is 0 Å². The van der Waals surface area contributed by atoms with E-state index in [0.29, 0.717) is 0 Å². The number of hydrogen-bond donors (Lipinski definition) is 0. The Bertz CT molecular complexity index is 274. The van der Waals surface area contributed by atoms with E-state index in [1.54, 1.807) is 6.08 Å². The van der Waals surface area contributed by atoms with Crippen molar-refractivity contribution in [3.63, 3.8) is 0 Å². The molecule has 1 aliphatic carbocycles. The van der Waals surface area contributed by atoms with Crippen molar-refractivity contribution in [1.82, 2.24) is 0 Å². The van der Waals surface area contributed by atoms with E-state index >= 15 is 0 Å². The first-order valence-corrected chi connectivity index (χ1v) is 10.4. The van der Waals surface area contributed by atoms with Gasteiger partial charge in [0.1, 0.15) is 0 Å². The number of hydrogen-bond acceptors (Lipinski definition) is 0. The highest BCUT2D eigenvalue weighted by molar-refractivity contribution is 5.01. The Morgan fingerprint density at radius 3 is 2.04 bits per heavy atom. The molecule has 0 aromatic rings. The average Bonchev–Trinajstić information content (AvgIpc) is 3.01. The van der Waals surface area contributed by atoms with E-state index in [9.17, 15) is 0 Å². The Morgan fingerprint density at radius 1 is 1.12 bits per heavy atom. The van der Waals surface area contributed by atoms with Crippen molar-refractivity contribution in [3.05, 3.63) is 37.5 Å². The Kier molecular flexibility index (Phi) is 26.0. The van der Waals surface area contributed by atoms with Crippen LogP contribution in [-0.4, -0.2) is 0 Å². The molecule has 0 spiro atoms. The molecule has 3 unspecified atom stereocenters. The summed E-state index contributed by atoms with van der Waals surface area (Å²) >= 11 is 0. The Morgan fingerprint density at radius 2 is 1.67 bits per heavy atom. The van der Waals surface area contributed by atoms with Crippen LogP contribution in [0.2, 0.25) is 0 Å². The summed E-state index contributed by atoms with van der Waals surface area (Å²) in [6.07, 6.45) is 14.5. The van der Waals surface area contributed by atoms with Crippen LogP contribution < -0.4 is 0 Å². The molecule has 0 aromatic heterocycles. The molecule has 0 radical (unpaired) electrons. The maximum absolute atomic E-state index is 4.16. The number of allylic oxidation sites excluding steroid dienone is 3. The van der Waals surface area contributed by atoms with Gasteiger partial charge in [-0.15, -0.1) is 13.2 Å². The molecule has 0 bridgehead atoms. The summed E-state index contributed by atoms with van der Waals surface area (Å²) in [4.78, 5) is 0. The molecule has 144 valence electrons. The van der Waals surface area contributed by atoms with Crippen molar-refractivity contribution in [1.29, 1.82) is 0 Å². The van der Waals surface area contributed by atoms with E-state index in [0.717, 1.165) is 24.2 Å². The first-order chi connectivity index (χ1) is 11.6. The third-order valence-electron chi connectivity index (χ3n) is 4.57. The zero-order valence-electron chi connectivity index (χ0n) is 18.2. The van der Waals surface area contributed by atoms with Gasteiger partial charge >= 0.3 is 0 Å². The minimum absolute atomic E-state index is 0.857. The largest absolute Gasteiger partial charge is 0.103 e. The fraction of sp³-hybridized carbons (Fsp3) is 0.750. The highest BCUT2D eigenvalue weighted by atomic mass is 14.3. The molecule has 0 heteroatoms. The van der Waals surface area contributed by atoms with Crippen LogP contribution in [0.4, 0.5) is 0 Å². The summed E-state index contributed by atoms with van der Waals surface area (Å²) in [7, 11) is 0. The van der Waals surface area contributed by atoms with Crippen molar-refractivity contribution >= 4 is 0 Å². The quantitative estimate of drug-likeness (QED) is 0.388. The SMILES string of the molecule is C=CC.C=CCC(=C)CC(CC)CCC1CCCC1C.CC.CC. The first-order valence-electron chi connectivity index (χ1n) is 10.4. The monoisotopic (exact) mass is 336 g/mol. The molecular formula is C24H48. The van der Waals surface area contributed by atoms with E-state index in [1.807, 2.05) is 40.7 Å². The van der Waals surface area contributed by atoms with Gasteiger partial charge in [-0.1, -0.05) is 91.5 Å². The molecule has 1 fully saturated rings. The van der Waals surface area contributed by atoms with Crippen LogP contribution in [0, 0.1) is 17.8 Å². The lowest BCUT2D eigenvalue weighted by molar-refractivity contribution is 0.334. The lowest BCUT2D eigenvalue weighted by atomic mass is 9.85. The molecule has 0 heterocycles. The standard InChI is InChI=1S/C17H30.C3H6.2C2H6/c1-5-8-14(3)13-16(6-2)11-12-17-10-7-9-15(17)4;1-3-2;2*1-2/h5,15-17H,1,3,6-13H2,2,4H3;3H,1H2,2H3;2*1-2H3. The van der Waals surface area contributed by atoms with Crippen LogP contribution in [0.5, 0.6) is 0 Å². The average molecular weight is 337 g/mol. The second kappa shape index (κ2) is 22.2. The van der Waals surface area contributed by atoms with Crippen molar-refractivity contribution in [3.8, 4) is 0 Å². The second-order valence-corrected chi connectivity index (χ2v) is 6.38. The molecule has 3 atom stereocenters. The predicted molar refractivity (Wildman–Crippen MR) is 117 cm³/mol. The molecule has 1 saturated carbocycles. The molecule has 1 aliphatic rings. The van der Waals surface area contributed by atoms with Gasteiger partial charge in [0.05, 0.1) is 0 Å². The predicted octanol–water partition coefficient (Wildman–Crippen LogP) is 9.00. The summed E-state index contributed by atoms with van der Waals surface area (Å²) < 4.78 is 0. The maximum Gasteiger partial charge on any atom is -0.0144 e. The third kappa shape index (κ3) is 16.1. The summed E-state index contributed by atoms with van der Waals surface area (Å²) in [5.41, 5.74) is 1.37. The lowest BCUT2D eigenvalue weighted by Crippen LogP contribution is -2.08. The summed E-state index contributed by atoms with van der Waals surface area (Å²) in [6, 6.07) is 0. The maximum atomic E-state index is 4.16. The van der Waals surface area contributed by atoms with Crippen LogP contribution in [0.3, 0.4) is 0 Å². The van der Waals surface area contributed by atoms with Crippen LogP contribution in [0.25, 0.3) is 0 Å². The van der Waals surface area contributed by atoms with E-state index in [-0.39, 0.29) is 0 Å². The normalized spacial score (nSPS) is 19.3. The van der Waals surface area contributed by atoms with E-state index in [1.165, 1.54) is 50.5 Å². The van der Waals surface area contributed by atoms with Gasteiger partial charge in [0.15, 0.2) is 0 Å². The topological polar surface area (TPSA) is 0 Å². The molecule has 0 aliphatic heterocycles. The highest BCUT2D eigenvalue weighted by Crippen LogP contribution is 2.36. The van der Waals surface area contributed by atoms with Crippen molar-refractivity contribution in [2.45, 2.75) is 99.8 Å². The van der Waals surface area contributed by atoms with Gasteiger partial charge in [-0.2, -0.15) is 0 Å². The summed E-state index contributed by atoms with van der Waals surface area (Å²) in [6.45, 7) is 26.0. The molecule has 0 nitrogen and oxygen atoms in total. The Labute approximate surface area is 155 Å². The van der Waals surface area contributed by atoms with Gasteiger partial charge in [0.25, 0.3) is 0 Å². The molecule has 0 saturated heterocycles. The number of rotatable bonds is 8. The van der Waals surface area contributed by atoms with Crippen LogP contribution in [0.15, 0.2) is 37.5 Å². The smallest absolute Gasteiger partial charge is 0.0144 e. The summed E-state index contributed by atoms with van der Waals surface area (Å²) in [5, 5.41) is 0. The van der Waals surface area contributed by atoms with Gasteiger partial charge in [-0.3, -0.25) is 0 Å². The van der Waals surface area contributed by atoms with E-state index in [4.69, 9.17) is 0 Å². The van der Waals surface area contributed by atoms with Crippen molar-refractivity contribution < 1.29 is 0 Å². The van der Waals surface area contributed by atoms with Gasteiger partial charge in [-0.25, -0.2) is 0 Å². The van der Waals surface area contributed by atoms with Crippen molar-refractivity contribution in [2.75, 3.05) is 0 Å². The highest BCUT2D eigenvalue weighted by Gasteiger charge is 2.23. The lowest BCUT2D eigenvalue weighted by Gasteiger charge is -2.20. The fourth-order valence-corrected chi connectivity index (χ4v) is 3.25. The van der Waals surface area contributed by atoms with Gasteiger partial charge < -0.3 is 0 Å². The molecule has 24 heavy (non-hydrogen) atoms. The molecule has 0 amide bonds. The van der Waals surface area contributed by atoms with Crippen molar-refractivity contribution in [2.24, 2.45) is 17.8 Å². The summed E-state index contributed by atoms with van der Waals surface area (Å²) in [5.74, 6) is 2.84. The first kappa shape index (κ1) is 28.0. The van der Waals surface area contributed by atoms with Gasteiger partial charge in [0.2, 0.25) is 0 Å². The molecule has 0 aromatic carbocycles. The Balaban J connectivity index is -0.000000549. The minimum atomic E-state index is 0.857. The molecule has 0 N–H and O–H groups in total. The third-order valence-corrected chi connectivity index (χ3v) is 4.57. The molecular weight excluding hydrogens is 288 g/mol. The van der Waals surface area contributed by atoms with Crippen LogP contribution in [-0.2, 0) is 0 Å².